The van der Waals surface area contributed by atoms with Crippen LogP contribution >= 0.6 is 11.3 Å². The van der Waals surface area contributed by atoms with E-state index in [-0.39, 0.29) is 6.04 Å². The molecule has 0 aliphatic heterocycles. The molecule has 62 valence electrons. The molecule has 0 aliphatic rings. The minimum Gasteiger partial charge on any atom is -0.324 e. The average molecular weight is 177 g/mol. The van der Waals surface area contributed by atoms with Gasteiger partial charge in [-0.2, -0.15) is 0 Å². The topological polar surface area (TPSA) is 26.0 Å². The van der Waals surface area contributed by atoms with E-state index in [0.29, 0.717) is 0 Å². The van der Waals surface area contributed by atoms with Crippen molar-refractivity contribution in [2.75, 3.05) is 0 Å². The van der Waals surface area contributed by atoms with Crippen molar-refractivity contribution < 1.29 is 0 Å². The Labute approximate surface area is 75.8 Å². The Kier molecular flexibility index (Phi) is 1.87. The lowest BCUT2D eigenvalue weighted by molar-refractivity contribution is 0.820. The molecule has 2 rings (SSSR count). The molecule has 1 atom stereocenters. The zero-order chi connectivity index (χ0) is 8.55. The van der Waals surface area contributed by atoms with Gasteiger partial charge in [0.25, 0.3) is 0 Å². The number of hydrogen-bond donors (Lipinski definition) is 1. The molecule has 0 unspecified atom stereocenters. The predicted octanol–water partition coefficient (Wildman–Crippen LogP) is 2.92. The summed E-state index contributed by atoms with van der Waals surface area (Å²) in [6, 6.07) is 8.66. The molecule has 0 aliphatic carbocycles. The van der Waals surface area contributed by atoms with E-state index in [1.54, 1.807) is 11.3 Å². The lowest BCUT2D eigenvalue weighted by atomic mass is 10.1. The van der Waals surface area contributed by atoms with Crippen LogP contribution in [0.25, 0.3) is 10.1 Å². The predicted molar refractivity (Wildman–Crippen MR) is 54.4 cm³/mol. The van der Waals surface area contributed by atoms with E-state index in [4.69, 9.17) is 5.73 Å². The first kappa shape index (κ1) is 7.77. The summed E-state index contributed by atoms with van der Waals surface area (Å²) in [6.45, 7) is 2.01. The van der Waals surface area contributed by atoms with E-state index in [0.717, 1.165) is 0 Å². The molecule has 0 radical (unpaired) electrons. The van der Waals surface area contributed by atoms with Crippen molar-refractivity contribution >= 4 is 21.4 Å². The van der Waals surface area contributed by atoms with Gasteiger partial charge in [0.05, 0.1) is 0 Å². The molecule has 0 amide bonds. The molecule has 1 aromatic heterocycles. The van der Waals surface area contributed by atoms with Crippen molar-refractivity contribution in [1.82, 2.24) is 0 Å². The fourth-order valence-corrected chi connectivity index (χ4v) is 2.09. The van der Waals surface area contributed by atoms with Gasteiger partial charge in [-0.05, 0) is 35.4 Å². The molecule has 1 heterocycles. The summed E-state index contributed by atoms with van der Waals surface area (Å²) in [6.07, 6.45) is 0. The van der Waals surface area contributed by atoms with Crippen LogP contribution in [0.1, 0.15) is 18.5 Å². The first-order chi connectivity index (χ1) is 5.77. The lowest BCUT2D eigenvalue weighted by Gasteiger charge is -2.04. The fourth-order valence-electron chi connectivity index (χ4n) is 1.25. The molecule has 0 fully saturated rings. The van der Waals surface area contributed by atoms with Crippen LogP contribution in [0.15, 0.2) is 29.6 Å². The van der Waals surface area contributed by atoms with E-state index in [1.165, 1.54) is 15.6 Å². The van der Waals surface area contributed by atoms with E-state index in [9.17, 15) is 0 Å². The number of rotatable bonds is 1. The molecule has 12 heavy (non-hydrogen) atoms. The van der Waals surface area contributed by atoms with Gasteiger partial charge in [0.2, 0.25) is 0 Å². The van der Waals surface area contributed by atoms with Gasteiger partial charge in [0, 0.05) is 10.7 Å². The number of benzene rings is 1. The maximum absolute atomic E-state index is 5.78. The number of thiophene rings is 1. The fraction of sp³-hybridized carbons (Fsp3) is 0.200. The third-order valence-corrected chi connectivity index (χ3v) is 2.89. The summed E-state index contributed by atoms with van der Waals surface area (Å²) >= 11 is 1.76. The molecule has 2 aromatic rings. The Morgan fingerprint density at radius 2 is 2.17 bits per heavy atom. The van der Waals surface area contributed by atoms with Crippen molar-refractivity contribution in [2.24, 2.45) is 5.73 Å². The molecule has 0 saturated carbocycles. The van der Waals surface area contributed by atoms with E-state index in [2.05, 4.69) is 29.6 Å². The van der Waals surface area contributed by atoms with Crippen molar-refractivity contribution in [3.63, 3.8) is 0 Å². The van der Waals surface area contributed by atoms with Crippen LogP contribution in [0.3, 0.4) is 0 Å². The zero-order valence-corrected chi connectivity index (χ0v) is 7.77. The van der Waals surface area contributed by atoms with Gasteiger partial charge < -0.3 is 5.73 Å². The maximum atomic E-state index is 5.78. The molecular formula is C10H11NS. The van der Waals surface area contributed by atoms with Crippen LogP contribution in [0.4, 0.5) is 0 Å². The second kappa shape index (κ2) is 2.88. The van der Waals surface area contributed by atoms with Crippen molar-refractivity contribution in [2.45, 2.75) is 13.0 Å². The highest BCUT2D eigenvalue weighted by Gasteiger charge is 2.00. The molecule has 0 bridgehead atoms. The van der Waals surface area contributed by atoms with E-state index >= 15 is 0 Å². The minimum absolute atomic E-state index is 0.136. The average Bonchev–Trinajstić information content (AvgIpc) is 2.49. The molecule has 1 aromatic carbocycles. The molecule has 2 N–H and O–H groups in total. The molecule has 2 heteroatoms. The Morgan fingerprint density at radius 1 is 1.33 bits per heavy atom. The molecule has 0 spiro atoms. The van der Waals surface area contributed by atoms with Gasteiger partial charge in [0.1, 0.15) is 0 Å². The normalized spacial score (nSPS) is 13.5. The Balaban J connectivity index is 2.60. The van der Waals surface area contributed by atoms with Gasteiger partial charge in [-0.15, -0.1) is 11.3 Å². The van der Waals surface area contributed by atoms with E-state index in [1.807, 2.05) is 6.92 Å². The largest absolute Gasteiger partial charge is 0.324 e. The Morgan fingerprint density at radius 3 is 2.92 bits per heavy atom. The highest BCUT2D eigenvalue weighted by Crippen LogP contribution is 2.23. The highest BCUT2D eigenvalue weighted by molar-refractivity contribution is 7.17. The van der Waals surface area contributed by atoms with Crippen molar-refractivity contribution in [3.8, 4) is 0 Å². The summed E-state index contributed by atoms with van der Waals surface area (Å²) < 4.78 is 1.32. The number of fused-ring (bicyclic) bond motifs is 1. The molecule has 1 nitrogen and oxygen atoms in total. The SMILES string of the molecule is C[C@@H](N)c1ccc2ccsc2c1. The second-order valence-corrected chi connectivity index (χ2v) is 3.95. The first-order valence-corrected chi connectivity index (χ1v) is 4.88. The summed E-state index contributed by atoms with van der Waals surface area (Å²) in [5.41, 5.74) is 6.99. The Bertz CT molecular complexity index is 389. The standard InChI is InChI=1S/C10H11NS/c1-7(11)9-3-2-8-4-5-12-10(8)6-9/h2-7H,11H2,1H3/t7-/m1/s1. The summed E-state index contributed by atoms with van der Waals surface area (Å²) in [4.78, 5) is 0. The zero-order valence-electron chi connectivity index (χ0n) is 6.95. The van der Waals surface area contributed by atoms with Crippen LogP contribution in [0.5, 0.6) is 0 Å². The van der Waals surface area contributed by atoms with Gasteiger partial charge in [0.15, 0.2) is 0 Å². The first-order valence-electron chi connectivity index (χ1n) is 4.00. The summed E-state index contributed by atoms with van der Waals surface area (Å²) in [5.74, 6) is 0. The van der Waals surface area contributed by atoms with Crippen LogP contribution in [-0.2, 0) is 0 Å². The molecule has 0 saturated heterocycles. The quantitative estimate of drug-likeness (QED) is 0.712. The van der Waals surface area contributed by atoms with Crippen molar-refractivity contribution in [3.05, 3.63) is 35.2 Å². The highest BCUT2D eigenvalue weighted by atomic mass is 32.1. The number of nitrogens with two attached hydrogens (primary N) is 1. The second-order valence-electron chi connectivity index (χ2n) is 3.01. The van der Waals surface area contributed by atoms with E-state index < -0.39 is 0 Å². The monoisotopic (exact) mass is 177 g/mol. The third-order valence-electron chi connectivity index (χ3n) is 2.01. The van der Waals surface area contributed by atoms with Gasteiger partial charge in [-0.1, -0.05) is 12.1 Å². The lowest BCUT2D eigenvalue weighted by Crippen LogP contribution is -2.03. The van der Waals surface area contributed by atoms with Crippen LogP contribution in [0.2, 0.25) is 0 Å². The van der Waals surface area contributed by atoms with Crippen LogP contribution in [-0.4, -0.2) is 0 Å². The van der Waals surface area contributed by atoms with Gasteiger partial charge in [-0.25, -0.2) is 0 Å². The minimum atomic E-state index is 0.136. The third kappa shape index (κ3) is 1.24. The summed E-state index contributed by atoms with van der Waals surface area (Å²) in [5, 5.41) is 3.42. The summed E-state index contributed by atoms with van der Waals surface area (Å²) in [7, 11) is 0. The van der Waals surface area contributed by atoms with Crippen LogP contribution < -0.4 is 5.73 Å². The maximum Gasteiger partial charge on any atom is 0.0346 e. The van der Waals surface area contributed by atoms with Gasteiger partial charge >= 0.3 is 0 Å². The molecular weight excluding hydrogens is 166 g/mol. The Hall–Kier alpha value is -0.860. The van der Waals surface area contributed by atoms with Crippen LogP contribution in [0, 0.1) is 0 Å². The van der Waals surface area contributed by atoms with Gasteiger partial charge in [-0.3, -0.25) is 0 Å². The number of hydrogen-bond acceptors (Lipinski definition) is 2. The van der Waals surface area contributed by atoms with Crippen molar-refractivity contribution in [1.29, 1.82) is 0 Å². The smallest absolute Gasteiger partial charge is 0.0346 e.